The molecule has 4 nitrogen and oxygen atoms in total. The molecule has 0 aliphatic heterocycles. The molecule has 0 radical (unpaired) electrons. The molecule has 0 atom stereocenters. The lowest BCUT2D eigenvalue weighted by Crippen LogP contribution is -2.18. The van der Waals surface area contributed by atoms with E-state index in [-0.39, 0.29) is 17.7 Å². The highest BCUT2D eigenvalue weighted by Crippen LogP contribution is 2.20. The molecule has 0 aliphatic rings. The molecule has 0 aliphatic carbocycles. The fourth-order valence-electron chi connectivity index (χ4n) is 1.59. The number of amides is 2. The van der Waals surface area contributed by atoms with Crippen LogP contribution in [-0.2, 0) is 4.79 Å². The Morgan fingerprint density at radius 3 is 2.38 bits per heavy atom. The molecular weight excluding hydrogens is 399 g/mol. The van der Waals surface area contributed by atoms with Crippen LogP contribution in [0.3, 0.4) is 0 Å². The summed E-state index contributed by atoms with van der Waals surface area (Å²) >= 11 is 3.71. The summed E-state index contributed by atoms with van der Waals surface area (Å²) in [6.07, 6.45) is 0. The van der Waals surface area contributed by atoms with Gasteiger partial charge in [0.2, 0.25) is 5.91 Å². The summed E-state index contributed by atoms with van der Waals surface area (Å²) in [5, 5.41) is 7.46. The SMILES string of the molecule is CC(C)C(=O)Nc1cccc(NC(=O)c2csc(I)c2)c1. The zero-order valence-corrected chi connectivity index (χ0v) is 14.6. The first-order valence-electron chi connectivity index (χ1n) is 6.42. The van der Waals surface area contributed by atoms with E-state index in [1.165, 1.54) is 11.3 Å². The minimum absolute atomic E-state index is 0.0501. The normalized spacial score (nSPS) is 10.5. The molecule has 2 rings (SSSR count). The second-order valence-corrected chi connectivity index (χ2v) is 7.62. The molecule has 0 fully saturated rings. The van der Waals surface area contributed by atoms with Gasteiger partial charge in [0.05, 0.1) is 8.45 Å². The number of anilines is 2. The highest BCUT2D eigenvalue weighted by molar-refractivity contribution is 14.1. The summed E-state index contributed by atoms with van der Waals surface area (Å²) in [4.78, 5) is 23.7. The number of halogens is 1. The number of rotatable bonds is 4. The Balaban J connectivity index is 2.07. The highest BCUT2D eigenvalue weighted by Gasteiger charge is 2.10. The first kappa shape index (κ1) is 16.0. The molecule has 1 heterocycles. The lowest BCUT2D eigenvalue weighted by atomic mass is 10.2. The molecular formula is C15H15IN2O2S. The molecule has 2 N–H and O–H groups in total. The number of hydrogen-bond donors (Lipinski definition) is 2. The quantitative estimate of drug-likeness (QED) is 0.737. The van der Waals surface area contributed by atoms with Crippen LogP contribution in [0.2, 0.25) is 0 Å². The van der Waals surface area contributed by atoms with E-state index in [4.69, 9.17) is 0 Å². The molecule has 6 heteroatoms. The second kappa shape index (κ2) is 7.04. The smallest absolute Gasteiger partial charge is 0.256 e. The molecule has 0 saturated heterocycles. The standard InChI is InChI=1S/C15H15IN2O2S/c1-9(2)14(19)17-11-4-3-5-12(7-11)18-15(20)10-6-13(16)21-8-10/h3-9H,1-2H3,(H,17,19)(H,18,20). The van der Waals surface area contributed by atoms with Crippen LogP contribution in [0.4, 0.5) is 11.4 Å². The summed E-state index contributed by atoms with van der Waals surface area (Å²) < 4.78 is 1.07. The van der Waals surface area contributed by atoms with Crippen LogP contribution in [0.5, 0.6) is 0 Å². The molecule has 2 aromatic rings. The summed E-state index contributed by atoms with van der Waals surface area (Å²) in [7, 11) is 0. The monoisotopic (exact) mass is 414 g/mol. The minimum Gasteiger partial charge on any atom is -0.326 e. The Labute approximate surface area is 141 Å². The lowest BCUT2D eigenvalue weighted by Gasteiger charge is -2.10. The lowest BCUT2D eigenvalue weighted by molar-refractivity contribution is -0.118. The van der Waals surface area contributed by atoms with Gasteiger partial charge in [-0.25, -0.2) is 0 Å². The summed E-state index contributed by atoms with van der Waals surface area (Å²) in [6.45, 7) is 3.66. The zero-order chi connectivity index (χ0) is 15.4. The Morgan fingerprint density at radius 2 is 1.81 bits per heavy atom. The van der Waals surface area contributed by atoms with Crippen LogP contribution in [-0.4, -0.2) is 11.8 Å². The van der Waals surface area contributed by atoms with Gasteiger partial charge in [-0.2, -0.15) is 0 Å². The molecule has 0 spiro atoms. The molecule has 0 saturated carbocycles. The average Bonchev–Trinajstić information content (AvgIpc) is 2.86. The van der Waals surface area contributed by atoms with E-state index in [0.717, 1.165) is 2.88 Å². The van der Waals surface area contributed by atoms with Crippen molar-refractivity contribution in [1.82, 2.24) is 0 Å². The van der Waals surface area contributed by atoms with Gasteiger partial charge in [0, 0.05) is 22.7 Å². The van der Waals surface area contributed by atoms with E-state index < -0.39 is 0 Å². The fraction of sp³-hybridized carbons (Fsp3) is 0.200. The van der Waals surface area contributed by atoms with Gasteiger partial charge in [-0.3, -0.25) is 9.59 Å². The number of nitrogens with one attached hydrogen (secondary N) is 2. The maximum atomic E-state index is 12.1. The highest BCUT2D eigenvalue weighted by atomic mass is 127. The predicted molar refractivity (Wildman–Crippen MR) is 94.9 cm³/mol. The predicted octanol–water partition coefficient (Wildman–Crippen LogP) is 4.20. The van der Waals surface area contributed by atoms with Crippen molar-refractivity contribution in [2.24, 2.45) is 5.92 Å². The Kier molecular flexibility index (Phi) is 5.35. The molecule has 0 unspecified atom stereocenters. The van der Waals surface area contributed by atoms with Crippen LogP contribution in [0.1, 0.15) is 24.2 Å². The van der Waals surface area contributed by atoms with Gasteiger partial charge in [-0.05, 0) is 46.9 Å². The topological polar surface area (TPSA) is 58.2 Å². The van der Waals surface area contributed by atoms with Crippen LogP contribution < -0.4 is 10.6 Å². The molecule has 21 heavy (non-hydrogen) atoms. The minimum atomic E-state index is -0.151. The van der Waals surface area contributed by atoms with Crippen LogP contribution >= 0.6 is 33.9 Å². The van der Waals surface area contributed by atoms with E-state index in [1.807, 2.05) is 25.3 Å². The summed E-state index contributed by atoms with van der Waals surface area (Å²) in [5.41, 5.74) is 1.97. The largest absolute Gasteiger partial charge is 0.326 e. The number of thiophene rings is 1. The number of benzene rings is 1. The first-order chi connectivity index (χ1) is 9.95. The van der Waals surface area contributed by atoms with Gasteiger partial charge in [0.15, 0.2) is 0 Å². The van der Waals surface area contributed by atoms with Crippen molar-refractivity contribution < 1.29 is 9.59 Å². The summed E-state index contributed by atoms with van der Waals surface area (Å²) in [6, 6.07) is 8.97. The van der Waals surface area contributed by atoms with Crippen molar-refractivity contribution in [3.05, 3.63) is 44.2 Å². The molecule has 2 amide bonds. The van der Waals surface area contributed by atoms with Crippen molar-refractivity contribution in [3.8, 4) is 0 Å². The van der Waals surface area contributed by atoms with E-state index >= 15 is 0 Å². The van der Waals surface area contributed by atoms with Crippen molar-refractivity contribution >= 4 is 57.1 Å². The maximum Gasteiger partial charge on any atom is 0.256 e. The number of hydrogen-bond acceptors (Lipinski definition) is 3. The van der Waals surface area contributed by atoms with Crippen molar-refractivity contribution in [2.45, 2.75) is 13.8 Å². The third kappa shape index (κ3) is 4.53. The molecule has 0 bridgehead atoms. The second-order valence-electron chi connectivity index (χ2n) is 4.82. The molecule has 1 aromatic heterocycles. The Bertz CT molecular complexity index is 667. The van der Waals surface area contributed by atoms with E-state index in [1.54, 1.807) is 24.3 Å². The molecule has 110 valence electrons. The van der Waals surface area contributed by atoms with Gasteiger partial charge in [-0.15, -0.1) is 11.3 Å². The first-order valence-corrected chi connectivity index (χ1v) is 8.38. The third-order valence-corrected chi connectivity index (χ3v) is 4.53. The zero-order valence-electron chi connectivity index (χ0n) is 11.6. The van der Waals surface area contributed by atoms with Crippen molar-refractivity contribution in [3.63, 3.8) is 0 Å². The van der Waals surface area contributed by atoms with Gasteiger partial charge in [0.1, 0.15) is 0 Å². The van der Waals surface area contributed by atoms with E-state index in [9.17, 15) is 9.59 Å². The number of carbonyl (C=O) groups is 2. The molecule has 1 aromatic carbocycles. The van der Waals surface area contributed by atoms with E-state index in [2.05, 4.69) is 33.2 Å². The van der Waals surface area contributed by atoms with Crippen molar-refractivity contribution in [2.75, 3.05) is 10.6 Å². The fourth-order valence-corrected chi connectivity index (χ4v) is 2.92. The van der Waals surface area contributed by atoms with Gasteiger partial charge in [0.25, 0.3) is 5.91 Å². The Morgan fingerprint density at radius 1 is 1.14 bits per heavy atom. The average molecular weight is 414 g/mol. The maximum absolute atomic E-state index is 12.1. The number of carbonyl (C=O) groups excluding carboxylic acids is 2. The van der Waals surface area contributed by atoms with Crippen LogP contribution in [0.15, 0.2) is 35.7 Å². The van der Waals surface area contributed by atoms with Gasteiger partial charge < -0.3 is 10.6 Å². The Hall–Kier alpha value is -1.41. The van der Waals surface area contributed by atoms with Crippen LogP contribution in [0.25, 0.3) is 0 Å². The van der Waals surface area contributed by atoms with Gasteiger partial charge in [-0.1, -0.05) is 19.9 Å². The van der Waals surface area contributed by atoms with E-state index in [0.29, 0.717) is 16.9 Å². The van der Waals surface area contributed by atoms with Crippen molar-refractivity contribution in [1.29, 1.82) is 0 Å². The van der Waals surface area contributed by atoms with Crippen LogP contribution in [0, 0.1) is 8.80 Å². The third-order valence-electron chi connectivity index (χ3n) is 2.74. The van der Waals surface area contributed by atoms with Gasteiger partial charge >= 0.3 is 0 Å². The summed E-state index contributed by atoms with van der Waals surface area (Å²) in [5.74, 6) is -0.288.